The van der Waals surface area contributed by atoms with Crippen molar-refractivity contribution in [1.29, 1.82) is 0 Å². The monoisotopic (exact) mass is 486 g/mol. The summed E-state index contributed by atoms with van der Waals surface area (Å²) in [5, 5.41) is 9.95. The summed E-state index contributed by atoms with van der Waals surface area (Å²) in [6.07, 6.45) is 5.52. The van der Waals surface area contributed by atoms with E-state index in [1.54, 1.807) is 11.1 Å². The zero-order chi connectivity index (χ0) is 24.9. The van der Waals surface area contributed by atoms with Gasteiger partial charge < -0.3 is 10.0 Å². The van der Waals surface area contributed by atoms with Crippen molar-refractivity contribution < 1.29 is 14.7 Å². The van der Waals surface area contributed by atoms with E-state index in [-0.39, 0.29) is 22.7 Å². The lowest BCUT2D eigenvalue weighted by atomic mass is 9.82. The molecule has 5 nitrogen and oxygen atoms in total. The Morgan fingerprint density at radius 3 is 2.37 bits per heavy atom. The molecule has 1 saturated carbocycles. The first kappa shape index (κ1) is 24.7. The highest BCUT2D eigenvalue weighted by Gasteiger charge is 2.33. The molecule has 1 amide bonds. The number of rotatable bonds is 5. The highest BCUT2D eigenvalue weighted by atomic mass is 32.1. The first-order chi connectivity index (χ1) is 16.8. The zero-order valence-electron chi connectivity index (χ0n) is 20.3. The molecule has 0 unspecified atom stereocenters. The molecule has 1 aliphatic rings. The summed E-state index contributed by atoms with van der Waals surface area (Å²) in [6.45, 7) is 6.12. The molecule has 2 heterocycles. The number of pyridine rings is 1. The topological polar surface area (TPSA) is 70.5 Å². The molecule has 0 radical (unpaired) electrons. The van der Waals surface area contributed by atoms with Crippen LogP contribution in [0.4, 0.5) is 5.69 Å². The van der Waals surface area contributed by atoms with E-state index < -0.39 is 5.97 Å². The quantitative estimate of drug-likeness (QED) is 0.419. The molecule has 2 aromatic heterocycles. The van der Waals surface area contributed by atoms with Gasteiger partial charge in [0.2, 0.25) is 5.91 Å². The van der Waals surface area contributed by atoms with E-state index in [1.165, 1.54) is 11.3 Å². The Labute approximate surface area is 210 Å². The third-order valence-electron chi connectivity index (χ3n) is 6.45. The molecule has 0 bridgehead atoms. The van der Waals surface area contributed by atoms with Gasteiger partial charge in [0.1, 0.15) is 10.6 Å². The third kappa shape index (κ3) is 5.80. The summed E-state index contributed by atoms with van der Waals surface area (Å²) in [5.74, 6) is 5.78. The van der Waals surface area contributed by atoms with Crippen molar-refractivity contribution in [2.45, 2.75) is 52.5 Å². The van der Waals surface area contributed by atoms with Gasteiger partial charge in [0.05, 0.1) is 5.69 Å². The normalized spacial score (nSPS) is 17.5. The second kappa shape index (κ2) is 10.9. The largest absolute Gasteiger partial charge is 0.477 e. The molecule has 1 N–H and O–H groups in total. The van der Waals surface area contributed by atoms with Crippen molar-refractivity contribution in [2.75, 3.05) is 4.90 Å². The number of benzene rings is 1. The van der Waals surface area contributed by atoms with Gasteiger partial charge >= 0.3 is 5.97 Å². The Morgan fingerprint density at radius 2 is 1.77 bits per heavy atom. The van der Waals surface area contributed by atoms with Gasteiger partial charge in [-0.05, 0) is 87.3 Å². The lowest BCUT2D eigenvalue weighted by Gasteiger charge is -2.33. The number of carboxylic acids is 1. The Kier molecular flexibility index (Phi) is 7.67. The van der Waals surface area contributed by atoms with Crippen molar-refractivity contribution in [2.24, 2.45) is 11.8 Å². The summed E-state index contributed by atoms with van der Waals surface area (Å²) >= 11 is 1.21. The Bertz CT molecular complexity index is 1240. The molecule has 1 aromatic carbocycles. The molecule has 6 heteroatoms. The maximum Gasteiger partial charge on any atom is 0.348 e. The van der Waals surface area contributed by atoms with E-state index in [9.17, 15) is 14.7 Å². The number of hydrogen-bond acceptors (Lipinski definition) is 4. The highest BCUT2D eigenvalue weighted by Crippen LogP contribution is 2.40. The minimum atomic E-state index is -1.01. The van der Waals surface area contributed by atoms with Crippen LogP contribution >= 0.6 is 11.3 Å². The van der Waals surface area contributed by atoms with Gasteiger partial charge in [-0.15, -0.1) is 11.3 Å². The summed E-state index contributed by atoms with van der Waals surface area (Å²) in [4.78, 5) is 32.6. The molecular weight excluding hydrogens is 456 g/mol. The first-order valence-electron chi connectivity index (χ1n) is 12.1. The van der Waals surface area contributed by atoms with Gasteiger partial charge in [-0.2, -0.15) is 0 Å². The van der Waals surface area contributed by atoms with Gasteiger partial charge in [-0.25, -0.2) is 9.78 Å². The second-order valence-corrected chi connectivity index (χ2v) is 10.5. The van der Waals surface area contributed by atoms with E-state index in [4.69, 9.17) is 0 Å². The molecule has 3 aromatic rings. The predicted octanol–water partition coefficient (Wildman–Crippen LogP) is 6.48. The van der Waals surface area contributed by atoms with Crippen molar-refractivity contribution in [3.63, 3.8) is 0 Å². The first-order valence-corrected chi connectivity index (χ1v) is 12.9. The fourth-order valence-electron chi connectivity index (χ4n) is 4.50. The molecule has 0 aliphatic heterocycles. The predicted molar refractivity (Wildman–Crippen MR) is 141 cm³/mol. The van der Waals surface area contributed by atoms with Gasteiger partial charge in [-0.1, -0.05) is 31.0 Å². The molecule has 35 heavy (non-hydrogen) atoms. The van der Waals surface area contributed by atoms with E-state index in [0.717, 1.165) is 41.7 Å². The summed E-state index contributed by atoms with van der Waals surface area (Å²) in [5.41, 5.74) is 2.95. The minimum absolute atomic E-state index is 0.0406. The number of carbonyl (C=O) groups is 2. The van der Waals surface area contributed by atoms with Crippen LogP contribution in [0.25, 0.3) is 10.4 Å². The third-order valence-corrected chi connectivity index (χ3v) is 7.62. The van der Waals surface area contributed by atoms with Crippen LogP contribution in [0.2, 0.25) is 0 Å². The van der Waals surface area contributed by atoms with Gasteiger partial charge in [0, 0.05) is 28.6 Å². The van der Waals surface area contributed by atoms with Gasteiger partial charge in [0.25, 0.3) is 0 Å². The Morgan fingerprint density at radius 1 is 1.06 bits per heavy atom. The lowest BCUT2D eigenvalue weighted by molar-refractivity contribution is -0.123. The molecule has 1 fully saturated rings. The van der Waals surface area contributed by atoms with E-state index in [0.29, 0.717) is 17.3 Å². The second-order valence-electron chi connectivity index (χ2n) is 9.43. The van der Waals surface area contributed by atoms with Gasteiger partial charge in [-0.3, -0.25) is 4.79 Å². The molecule has 0 spiro atoms. The molecule has 4 rings (SSSR count). The van der Waals surface area contributed by atoms with Crippen LogP contribution in [-0.2, 0) is 4.79 Å². The summed E-state index contributed by atoms with van der Waals surface area (Å²) in [7, 11) is 0. The van der Waals surface area contributed by atoms with Crippen molar-refractivity contribution in [3.05, 3.63) is 70.9 Å². The van der Waals surface area contributed by atoms with Crippen LogP contribution in [0, 0.1) is 23.7 Å². The maximum absolute atomic E-state index is 13.5. The molecule has 1 aliphatic carbocycles. The molecule has 180 valence electrons. The fraction of sp³-hybridized carbons (Fsp3) is 0.345. The van der Waals surface area contributed by atoms with Crippen LogP contribution in [0.3, 0.4) is 0 Å². The Hall–Kier alpha value is -3.43. The van der Waals surface area contributed by atoms with E-state index in [1.807, 2.05) is 62.4 Å². The number of nitrogens with zero attached hydrogens (tertiary/aromatic N) is 2. The smallest absolute Gasteiger partial charge is 0.348 e. The zero-order valence-corrected chi connectivity index (χ0v) is 21.1. The number of carbonyl (C=O) groups excluding carboxylic acids is 1. The lowest BCUT2D eigenvalue weighted by Crippen LogP contribution is -2.42. The van der Waals surface area contributed by atoms with E-state index >= 15 is 0 Å². The number of hydrogen-bond donors (Lipinski definition) is 1. The number of thiophene rings is 1. The summed E-state index contributed by atoms with van der Waals surface area (Å²) in [6, 6.07) is 15.0. The molecular formula is C29H30N2O3S. The van der Waals surface area contributed by atoms with Gasteiger partial charge in [0.15, 0.2) is 0 Å². The summed E-state index contributed by atoms with van der Waals surface area (Å²) < 4.78 is 0. The minimum Gasteiger partial charge on any atom is -0.477 e. The van der Waals surface area contributed by atoms with Crippen LogP contribution in [0.15, 0.2) is 54.7 Å². The molecule has 0 saturated heterocycles. The van der Waals surface area contributed by atoms with Crippen LogP contribution in [0.5, 0.6) is 0 Å². The van der Waals surface area contributed by atoms with Crippen molar-refractivity contribution in [3.8, 4) is 22.3 Å². The standard InChI is InChI=1S/C29H30N2O3S/c1-19(2)31(28(32)23-12-7-20(3)8-13-23)25-18-26(35-27(25)29(33)34)22-14-9-21(10-15-22)11-16-24-6-4-5-17-30-24/h4-6,9-10,14-15,17-20,23H,7-8,12-13H2,1-3H3,(H,33,34). The average molecular weight is 487 g/mol. The van der Waals surface area contributed by atoms with Crippen LogP contribution < -0.4 is 4.90 Å². The van der Waals surface area contributed by atoms with E-state index in [2.05, 4.69) is 23.7 Å². The number of anilines is 1. The number of aromatic nitrogens is 1. The average Bonchev–Trinajstić information content (AvgIpc) is 3.29. The number of carboxylic acid groups (broad SMARTS) is 1. The SMILES string of the molecule is CC1CCC(C(=O)N(c2cc(-c3ccc(C#Cc4ccccn4)cc3)sc2C(=O)O)C(C)C)CC1. The number of aromatic carboxylic acids is 1. The molecule has 0 atom stereocenters. The van der Waals surface area contributed by atoms with Crippen LogP contribution in [0.1, 0.15) is 67.4 Å². The number of amides is 1. The van der Waals surface area contributed by atoms with Crippen LogP contribution in [-0.4, -0.2) is 28.0 Å². The van der Waals surface area contributed by atoms with Crippen molar-refractivity contribution in [1.82, 2.24) is 4.98 Å². The maximum atomic E-state index is 13.5. The van der Waals surface area contributed by atoms with Crippen molar-refractivity contribution >= 4 is 28.9 Å². The Balaban J connectivity index is 1.62. The fourth-order valence-corrected chi connectivity index (χ4v) is 5.50. The highest BCUT2D eigenvalue weighted by molar-refractivity contribution is 7.18.